The van der Waals surface area contributed by atoms with Crippen LogP contribution in [0.4, 0.5) is 0 Å². The van der Waals surface area contributed by atoms with Crippen molar-refractivity contribution in [3.8, 4) is 6.57 Å². The molecule has 1 aromatic heterocycles. The van der Waals surface area contributed by atoms with Crippen molar-refractivity contribution in [1.82, 2.24) is 14.5 Å². The smallest absolute Gasteiger partial charge is 0.320 e. The van der Waals surface area contributed by atoms with E-state index in [2.05, 4.69) is 89.6 Å². The van der Waals surface area contributed by atoms with Gasteiger partial charge in [0.1, 0.15) is 13.1 Å². The summed E-state index contributed by atoms with van der Waals surface area (Å²) >= 11 is 0. The Balaban J connectivity index is 0.000000685. The third-order valence-electron chi connectivity index (χ3n) is 10.5. The molecule has 0 aliphatic heterocycles. The first kappa shape index (κ1) is 37.0. The third-order valence-corrected chi connectivity index (χ3v) is 10.5. The monoisotopic (exact) mass is 603 g/mol. The molecule has 2 saturated carbocycles. The van der Waals surface area contributed by atoms with Gasteiger partial charge in [-0.2, -0.15) is 0 Å². The van der Waals surface area contributed by atoms with E-state index in [1.54, 1.807) is 26.0 Å². The number of fused-ring (bicyclic) bond motifs is 6. The number of hydrogen-bond donors (Lipinski definition) is 0. The third kappa shape index (κ3) is 6.89. The standard InChI is InChI=1S/C31H39N4.C2H6O.2C2H6.CH2O/c1-21-19-31(3)25(12-13-28(31)35-20-33-26-8-6-7-9-27(26)35)24-11-10-22-18-23(34(5)17-16-32-4)14-15-30(22,2)29(21)24;1-3-2;3*1-2/h4,6-10,13,16-17,20-21,23-25,29H,11-12,14-15,18-19H2,1-3,5H3;1-2H3;2*1-2H3;1H2/q+1;;;;/b17-16-;;;;. The van der Waals surface area contributed by atoms with Gasteiger partial charge >= 0.3 is 6.20 Å². The molecule has 6 rings (SSSR count). The van der Waals surface area contributed by atoms with Crippen LogP contribution in [0.5, 0.6) is 0 Å². The molecule has 1 heterocycles. The SMILES string of the molecule is C#[N+]/C=C\N(C)C1CCC2(C)C(=CCC3C4CC=C(n5cnc6ccccc65)C4(C)CC(C)C32)C1.C=O.CC.CC.COC. The normalized spacial score (nSPS) is 31.2. The Morgan fingerprint density at radius 2 is 1.75 bits per heavy atom. The molecule has 1 aromatic carbocycles. The first-order valence-electron chi connectivity index (χ1n) is 16.6. The summed E-state index contributed by atoms with van der Waals surface area (Å²) in [7, 11) is 5.42. The molecule has 0 bridgehead atoms. The fourth-order valence-electron chi connectivity index (χ4n) is 9.03. The number of para-hydroxylation sites is 2. The van der Waals surface area contributed by atoms with Crippen LogP contribution >= 0.6 is 0 Å². The maximum absolute atomic E-state index is 8.00. The Hall–Kier alpha value is -3.17. The maximum Gasteiger partial charge on any atom is 0.320 e. The van der Waals surface area contributed by atoms with Gasteiger partial charge in [-0.1, -0.05) is 78.3 Å². The van der Waals surface area contributed by atoms with E-state index in [1.165, 1.54) is 49.7 Å². The van der Waals surface area contributed by atoms with Crippen molar-refractivity contribution in [3.05, 3.63) is 65.6 Å². The quantitative estimate of drug-likeness (QED) is 0.328. The number of rotatable bonds is 3. The zero-order valence-corrected chi connectivity index (χ0v) is 29.2. The van der Waals surface area contributed by atoms with Crippen molar-refractivity contribution in [2.45, 2.75) is 93.0 Å². The van der Waals surface area contributed by atoms with Gasteiger partial charge in [-0.15, -0.1) is 0 Å². The van der Waals surface area contributed by atoms with Crippen LogP contribution in [0.2, 0.25) is 0 Å². The average Bonchev–Trinajstić information content (AvgIpc) is 3.62. The van der Waals surface area contributed by atoms with Crippen molar-refractivity contribution >= 4 is 23.5 Å². The lowest BCUT2D eigenvalue weighted by Gasteiger charge is -2.60. The predicted molar refractivity (Wildman–Crippen MR) is 187 cm³/mol. The van der Waals surface area contributed by atoms with E-state index in [0.717, 1.165) is 17.4 Å². The summed E-state index contributed by atoms with van der Waals surface area (Å²) in [5.74, 6) is 2.94. The zero-order chi connectivity index (χ0) is 33.1. The highest BCUT2D eigenvalue weighted by atomic mass is 16.4. The Morgan fingerprint density at radius 1 is 1.09 bits per heavy atom. The van der Waals surface area contributed by atoms with Crippen LogP contribution < -0.4 is 0 Å². The van der Waals surface area contributed by atoms with Crippen molar-refractivity contribution in [2.75, 3.05) is 21.3 Å². The maximum atomic E-state index is 8.00. The number of aromatic nitrogens is 2. The molecular formula is C38H59N4O2+. The van der Waals surface area contributed by atoms with E-state index < -0.39 is 0 Å². The molecule has 0 radical (unpaired) electrons. The van der Waals surface area contributed by atoms with Gasteiger partial charge in [-0.25, -0.2) is 4.98 Å². The first-order valence-corrected chi connectivity index (χ1v) is 16.6. The molecule has 0 saturated heterocycles. The van der Waals surface area contributed by atoms with Gasteiger partial charge in [0.15, 0.2) is 0 Å². The Labute approximate surface area is 268 Å². The van der Waals surface area contributed by atoms with Crippen LogP contribution in [0.3, 0.4) is 0 Å². The summed E-state index contributed by atoms with van der Waals surface area (Å²) in [6.45, 7) is 23.0. The van der Waals surface area contributed by atoms with Gasteiger partial charge in [0.25, 0.3) is 6.57 Å². The van der Waals surface area contributed by atoms with Crippen LogP contribution in [0.25, 0.3) is 21.6 Å². The molecular weight excluding hydrogens is 544 g/mol. The largest absolute Gasteiger partial charge is 0.388 e. The molecule has 44 heavy (non-hydrogen) atoms. The van der Waals surface area contributed by atoms with Gasteiger partial charge < -0.3 is 19.0 Å². The van der Waals surface area contributed by atoms with Crippen LogP contribution in [0.15, 0.2) is 60.7 Å². The van der Waals surface area contributed by atoms with Gasteiger partial charge in [0, 0.05) is 38.4 Å². The van der Waals surface area contributed by atoms with E-state index >= 15 is 0 Å². The molecule has 6 nitrogen and oxygen atoms in total. The van der Waals surface area contributed by atoms with Crippen LogP contribution in [-0.2, 0) is 9.53 Å². The summed E-state index contributed by atoms with van der Waals surface area (Å²) in [6.07, 6.45) is 18.4. The molecule has 2 aromatic rings. The van der Waals surface area contributed by atoms with Gasteiger partial charge in [0.2, 0.25) is 0 Å². The van der Waals surface area contributed by atoms with Crippen LogP contribution in [0, 0.1) is 41.1 Å². The van der Waals surface area contributed by atoms with Crippen molar-refractivity contribution in [2.24, 2.45) is 34.5 Å². The molecule has 0 spiro atoms. The Morgan fingerprint density at radius 3 is 2.41 bits per heavy atom. The van der Waals surface area contributed by atoms with Gasteiger partial charge in [0.05, 0.1) is 17.2 Å². The lowest BCUT2D eigenvalue weighted by atomic mass is 9.45. The highest BCUT2D eigenvalue weighted by Gasteiger charge is 2.59. The van der Waals surface area contributed by atoms with Crippen molar-refractivity contribution < 1.29 is 9.53 Å². The molecule has 6 heteroatoms. The number of carbonyl (C=O) groups is 1. The highest BCUT2D eigenvalue weighted by Crippen LogP contribution is 2.67. The van der Waals surface area contributed by atoms with E-state index in [0.29, 0.717) is 23.3 Å². The molecule has 7 atom stereocenters. The zero-order valence-electron chi connectivity index (χ0n) is 29.2. The summed E-state index contributed by atoms with van der Waals surface area (Å²) < 4.78 is 6.65. The second kappa shape index (κ2) is 16.8. The van der Waals surface area contributed by atoms with E-state index in [4.69, 9.17) is 16.4 Å². The summed E-state index contributed by atoms with van der Waals surface area (Å²) in [5.41, 5.74) is 6.07. The second-order valence-electron chi connectivity index (χ2n) is 12.6. The number of allylic oxidation sites excluding steroid dienone is 3. The number of benzene rings is 1. The molecule has 4 aliphatic rings. The highest BCUT2D eigenvalue weighted by molar-refractivity contribution is 5.80. The van der Waals surface area contributed by atoms with Crippen molar-refractivity contribution in [3.63, 3.8) is 0 Å². The number of hydrogen-bond acceptors (Lipinski definition) is 4. The minimum Gasteiger partial charge on any atom is -0.388 e. The summed E-state index contributed by atoms with van der Waals surface area (Å²) in [4.78, 5) is 18.7. The fraction of sp³-hybridized carbons (Fsp3) is 0.605. The van der Waals surface area contributed by atoms with E-state index in [9.17, 15) is 0 Å². The summed E-state index contributed by atoms with van der Waals surface area (Å²) in [5, 5.41) is 0. The summed E-state index contributed by atoms with van der Waals surface area (Å²) in [6, 6.07) is 9.12. The topological polar surface area (TPSA) is 51.7 Å². The minimum absolute atomic E-state index is 0.208. The molecule has 7 unspecified atom stereocenters. The first-order chi connectivity index (χ1) is 21.3. The number of imidazole rings is 1. The Bertz CT molecular complexity index is 1320. The van der Waals surface area contributed by atoms with Gasteiger partial charge in [-0.05, 0) is 84.6 Å². The fourth-order valence-corrected chi connectivity index (χ4v) is 9.03. The lowest BCUT2D eigenvalue weighted by molar-refractivity contribution is -0.0980. The van der Waals surface area contributed by atoms with Crippen molar-refractivity contribution in [1.29, 1.82) is 0 Å². The van der Waals surface area contributed by atoms with Crippen LogP contribution in [-0.4, -0.2) is 48.5 Å². The number of methoxy groups -OCH3 is 1. The minimum atomic E-state index is 0.208. The number of nitrogens with zero attached hydrogens (tertiary/aromatic N) is 4. The number of carbonyl (C=O) groups excluding carboxylic acids is 1. The van der Waals surface area contributed by atoms with E-state index in [-0.39, 0.29) is 5.41 Å². The Kier molecular flexibility index (Phi) is 14.1. The van der Waals surface area contributed by atoms with E-state index in [1.807, 2.05) is 40.7 Å². The molecule has 2 fully saturated rings. The second-order valence-corrected chi connectivity index (χ2v) is 12.6. The molecule has 0 amide bonds. The lowest BCUT2D eigenvalue weighted by Crippen LogP contribution is -2.54. The van der Waals surface area contributed by atoms with Crippen LogP contribution in [0.1, 0.15) is 87.0 Å². The molecule has 0 N–H and O–H groups in total. The molecule has 242 valence electrons. The predicted octanol–water partition coefficient (Wildman–Crippen LogP) is 9.56. The number of ether oxygens (including phenoxy) is 1. The average molecular weight is 604 g/mol. The molecule has 4 aliphatic carbocycles. The van der Waals surface area contributed by atoms with Gasteiger partial charge in [-0.3, -0.25) is 0 Å².